The summed E-state index contributed by atoms with van der Waals surface area (Å²) in [6, 6.07) is 18.8. The molecule has 1 aromatic heterocycles. The van der Waals surface area contributed by atoms with Gasteiger partial charge in [0, 0.05) is 6.54 Å². The van der Waals surface area contributed by atoms with Crippen molar-refractivity contribution >= 4 is 0 Å². The first-order chi connectivity index (χ1) is 17.1. The third kappa shape index (κ3) is 7.24. The van der Waals surface area contributed by atoms with E-state index >= 15 is 0 Å². The minimum atomic E-state index is -1.90. The van der Waals surface area contributed by atoms with E-state index in [0.29, 0.717) is 23.7 Å². The molecule has 2 N–H and O–H groups in total. The number of para-hydroxylation sites is 1. The molecule has 0 spiro atoms. The van der Waals surface area contributed by atoms with Gasteiger partial charge >= 0.3 is 35.3 Å². The molecule has 3 aromatic carbocycles. The fraction of sp³-hybridized carbons (Fsp3) is 0.259. The molecule has 0 aliphatic carbocycles. The summed E-state index contributed by atoms with van der Waals surface area (Å²) < 4.78 is 17.3. The predicted octanol–water partition coefficient (Wildman–Crippen LogP) is -0.247. The zero-order valence-electron chi connectivity index (χ0n) is 21.2. The summed E-state index contributed by atoms with van der Waals surface area (Å²) in [5.41, 5.74) is 5.01. The third-order valence-electron chi connectivity index (χ3n) is 5.70. The van der Waals surface area contributed by atoms with Crippen LogP contribution in [0.4, 0.5) is 0 Å². The van der Waals surface area contributed by atoms with Gasteiger partial charge in [-0.1, -0.05) is 42.5 Å². The number of hydrogen-bond acceptors (Lipinski definition) is 7. The maximum Gasteiger partial charge on any atom is 1.00 e. The van der Waals surface area contributed by atoms with E-state index in [9.17, 15) is 19.8 Å². The van der Waals surface area contributed by atoms with Gasteiger partial charge in [0.1, 0.15) is 24.7 Å². The molecular weight excluding hydrogens is 487 g/mol. The quantitative estimate of drug-likeness (QED) is 0.232. The largest absolute Gasteiger partial charge is 1.00 e. The van der Waals surface area contributed by atoms with Crippen molar-refractivity contribution in [2.45, 2.75) is 39.7 Å². The molecule has 4 aromatic rings. The Morgan fingerprint density at radius 3 is 2.35 bits per heavy atom. The Hall–Kier alpha value is -3.08. The molecule has 188 valence electrons. The normalized spacial score (nSPS) is 11.2. The second-order valence-electron chi connectivity index (χ2n) is 8.76. The number of rotatable bonds is 9. The number of aromatic nitrogens is 2. The van der Waals surface area contributed by atoms with Gasteiger partial charge in [0.05, 0.1) is 0 Å². The van der Waals surface area contributed by atoms with Gasteiger partial charge in [0.15, 0.2) is 11.5 Å². The fourth-order valence-electron chi connectivity index (χ4n) is 3.85. The summed E-state index contributed by atoms with van der Waals surface area (Å²) in [5.74, 6) is -1.72. The molecule has 1 heterocycles. The van der Waals surface area contributed by atoms with Crippen molar-refractivity contribution in [3.63, 3.8) is 0 Å². The maximum absolute atomic E-state index is 11.8. The molecular formula is C27H27N2NaO7. The van der Waals surface area contributed by atoms with Crippen LogP contribution in [0.2, 0.25) is 0 Å². The van der Waals surface area contributed by atoms with Gasteiger partial charge in [0.2, 0.25) is 0 Å². The van der Waals surface area contributed by atoms with E-state index in [4.69, 9.17) is 14.0 Å². The van der Waals surface area contributed by atoms with Crippen LogP contribution in [0, 0.1) is 13.8 Å². The number of aryl methyl sites for hydroxylation is 1. The van der Waals surface area contributed by atoms with Gasteiger partial charge in [-0.05, 0) is 72.4 Å². The molecule has 0 radical (unpaired) electrons. The van der Waals surface area contributed by atoms with Crippen molar-refractivity contribution in [1.82, 2.24) is 9.72 Å². The standard InChI is InChI=1S/C27H28N2O7.Na/c1-17-13-21(35-16-27(3,32)33)11-12-22(17)23-9-6-8-20(18(23)2)15-34-24-10-5-4-7-19(24)14-29-25(30)28-26(31)36-29;/h4-13,32-33H,14-16H2,1-3H3,(H,28,30,31);/q;+1/p-1. The summed E-state index contributed by atoms with van der Waals surface area (Å²) in [5, 5.41) is 18.9. The first-order valence-electron chi connectivity index (χ1n) is 11.3. The molecule has 0 atom stereocenters. The number of benzene rings is 3. The van der Waals surface area contributed by atoms with E-state index in [-0.39, 0.29) is 42.7 Å². The summed E-state index contributed by atoms with van der Waals surface area (Å²) >= 11 is 0. The van der Waals surface area contributed by atoms with Crippen LogP contribution in [0.1, 0.15) is 29.2 Å². The summed E-state index contributed by atoms with van der Waals surface area (Å²) in [7, 11) is 0. The average molecular weight is 515 g/mol. The van der Waals surface area contributed by atoms with Crippen molar-refractivity contribution in [2.75, 3.05) is 6.61 Å². The van der Waals surface area contributed by atoms with Crippen LogP contribution in [0.5, 0.6) is 11.5 Å². The average Bonchev–Trinajstić information content (AvgIpc) is 3.14. The smallest absolute Gasteiger partial charge is 0.489 e. The Morgan fingerprint density at radius 1 is 0.946 bits per heavy atom. The Labute approximate surface area is 235 Å². The molecule has 0 fully saturated rings. The van der Waals surface area contributed by atoms with E-state index in [0.717, 1.165) is 32.6 Å². The third-order valence-corrected chi connectivity index (χ3v) is 5.70. The summed E-state index contributed by atoms with van der Waals surface area (Å²) in [4.78, 5) is 26.2. The van der Waals surface area contributed by atoms with Crippen LogP contribution in [0.15, 0.2) is 74.8 Å². The van der Waals surface area contributed by atoms with E-state index in [2.05, 4.69) is 4.98 Å². The molecule has 0 bridgehead atoms. The Kier molecular flexibility index (Phi) is 9.22. The van der Waals surface area contributed by atoms with Gasteiger partial charge in [-0.2, -0.15) is 0 Å². The molecule has 0 aliphatic rings. The van der Waals surface area contributed by atoms with E-state index in [1.165, 1.54) is 6.92 Å². The second-order valence-corrected chi connectivity index (χ2v) is 8.76. The van der Waals surface area contributed by atoms with Gasteiger partial charge in [-0.3, -0.25) is 9.53 Å². The molecule has 37 heavy (non-hydrogen) atoms. The van der Waals surface area contributed by atoms with Gasteiger partial charge in [0.25, 0.3) is 0 Å². The van der Waals surface area contributed by atoms with Crippen LogP contribution in [0.3, 0.4) is 0 Å². The Morgan fingerprint density at radius 2 is 1.68 bits per heavy atom. The first-order valence-corrected chi connectivity index (χ1v) is 11.3. The zero-order chi connectivity index (χ0) is 25.9. The first kappa shape index (κ1) is 28.5. The maximum atomic E-state index is 11.8. The van der Waals surface area contributed by atoms with Crippen LogP contribution in [0.25, 0.3) is 11.1 Å². The zero-order valence-corrected chi connectivity index (χ0v) is 23.2. The molecule has 0 saturated carbocycles. The van der Waals surface area contributed by atoms with Crippen molar-refractivity contribution < 1.29 is 53.8 Å². The monoisotopic (exact) mass is 514 g/mol. The summed E-state index contributed by atoms with van der Waals surface area (Å²) in [6.45, 7) is 5.35. The van der Waals surface area contributed by atoms with E-state index in [1.807, 2.05) is 56.3 Å². The fourth-order valence-corrected chi connectivity index (χ4v) is 3.85. The Balaban J connectivity index is 0.00000380. The second kappa shape index (κ2) is 12.0. The van der Waals surface area contributed by atoms with Crippen molar-refractivity contribution in [1.29, 1.82) is 0 Å². The van der Waals surface area contributed by atoms with Gasteiger partial charge < -0.3 is 29.2 Å². The number of hydrogen-bond donors (Lipinski definition) is 2. The van der Waals surface area contributed by atoms with Gasteiger partial charge in [-0.15, -0.1) is 0 Å². The molecule has 9 nitrogen and oxygen atoms in total. The van der Waals surface area contributed by atoms with Crippen molar-refractivity contribution in [3.05, 3.63) is 104 Å². The predicted molar refractivity (Wildman–Crippen MR) is 132 cm³/mol. The number of aliphatic hydroxyl groups is 2. The van der Waals surface area contributed by atoms with Gasteiger partial charge in [-0.25, -0.2) is 4.79 Å². The van der Waals surface area contributed by atoms with Crippen LogP contribution >= 0.6 is 0 Å². The molecule has 0 saturated heterocycles. The SMILES string of the molecule is Cc1cc(OCC(C)(O)O)ccc1-c1cccc(COc2ccccc2Cn2oc(=O)[n-]c2=O)c1C.[Na+]. The minimum Gasteiger partial charge on any atom is -0.489 e. The number of nitrogens with zero attached hydrogens (tertiary/aromatic N) is 2. The van der Waals surface area contributed by atoms with Crippen LogP contribution < -0.4 is 55.5 Å². The van der Waals surface area contributed by atoms with Crippen LogP contribution in [-0.2, 0) is 13.2 Å². The van der Waals surface area contributed by atoms with Crippen LogP contribution in [-0.4, -0.2) is 27.3 Å². The molecule has 0 amide bonds. The molecule has 4 rings (SSSR count). The molecule has 10 heteroatoms. The minimum absolute atomic E-state index is 0. The molecule has 0 aliphatic heterocycles. The number of ether oxygens (including phenoxy) is 2. The van der Waals surface area contributed by atoms with Crippen molar-refractivity contribution in [2.24, 2.45) is 0 Å². The topological polar surface area (TPSA) is 125 Å². The van der Waals surface area contributed by atoms with E-state index < -0.39 is 17.2 Å². The molecule has 0 unspecified atom stereocenters. The van der Waals surface area contributed by atoms with E-state index in [1.54, 1.807) is 18.2 Å². The Bertz CT molecular complexity index is 1480. The summed E-state index contributed by atoms with van der Waals surface area (Å²) in [6.07, 6.45) is 0. The van der Waals surface area contributed by atoms with Crippen molar-refractivity contribution in [3.8, 4) is 22.6 Å².